The molecule has 3 rings (SSSR count). The minimum absolute atomic E-state index is 0.0619. The molecule has 3 nitrogen and oxygen atoms in total. The van der Waals surface area contributed by atoms with E-state index in [-0.39, 0.29) is 11.8 Å². The number of nitrogens with one attached hydrogen (secondary N) is 1. The number of carbonyl (C=O) groups excluding carboxylic acids is 1. The number of nitrogens with zero attached hydrogens (tertiary/aromatic N) is 1. The topological polar surface area (TPSA) is 42.0 Å². The van der Waals surface area contributed by atoms with Crippen LogP contribution in [-0.4, -0.2) is 16.9 Å². The fraction of sp³-hybridized carbons (Fsp3) is 0.333. The lowest BCUT2D eigenvalue weighted by Gasteiger charge is -2.20. The molecule has 1 heterocycles. The molecule has 2 aromatic rings. The molecule has 0 spiro atoms. The summed E-state index contributed by atoms with van der Waals surface area (Å²) in [7, 11) is 0. The molecule has 1 atom stereocenters. The Morgan fingerprint density at radius 2 is 1.76 bits per heavy atom. The summed E-state index contributed by atoms with van der Waals surface area (Å²) in [5.74, 6) is -0.264. The van der Waals surface area contributed by atoms with Gasteiger partial charge in [0.15, 0.2) is 0 Å². The largest absolute Gasteiger partial charge is 0.352 e. The second kappa shape index (κ2) is 6.53. The van der Waals surface area contributed by atoms with Crippen LogP contribution in [0.5, 0.6) is 0 Å². The number of carbonyl (C=O) groups is 1. The minimum Gasteiger partial charge on any atom is -0.352 e. The van der Waals surface area contributed by atoms with Crippen molar-refractivity contribution in [1.82, 2.24) is 10.3 Å². The molecule has 1 N–H and O–H groups in total. The van der Waals surface area contributed by atoms with Crippen molar-refractivity contribution in [3.8, 4) is 0 Å². The minimum atomic E-state index is -0.326. The summed E-state index contributed by atoms with van der Waals surface area (Å²) in [5, 5.41) is 3.20. The molecule has 1 aromatic carbocycles. The Hall–Kier alpha value is -2.16. The zero-order chi connectivity index (χ0) is 14.5. The molecule has 0 aliphatic heterocycles. The lowest BCUT2D eigenvalue weighted by Crippen LogP contribution is -2.37. The van der Waals surface area contributed by atoms with Crippen molar-refractivity contribution >= 4 is 5.91 Å². The molecule has 1 unspecified atom stereocenters. The predicted octanol–water partition coefficient (Wildman–Crippen LogP) is 3.27. The number of hydrogen-bond donors (Lipinski definition) is 1. The maximum absolute atomic E-state index is 12.7. The number of rotatable bonds is 4. The van der Waals surface area contributed by atoms with Crippen LogP contribution in [0.1, 0.15) is 42.9 Å². The Morgan fingerprint density at radius 3 is 2.43 bits per heavy atom. The fourth-order valence-corrected chi connectivity index (χ4v) is 3.00. The molecule has 0 bridgehead atoms. The van der Waals surface area contributed by atoms with E-state index >= 15 is 0 Å². The van der Waals surface area contributed by atoms with Crippen LogP contribution in [0.15, 0.2) is 54.7 Å². The van der Waals surface area contributed by atoms with Crippen LogP contribution in [0, 0.1) is 0 Å². The molecule has 1 saturated carbocycles. The molecule has 3 heteroatoms. The molecule has 21 heavy (non-hydrogen) atoms. The molecular weight excluding hydrogens is 260 g/mol. The van der Waals surface area contributed by atoms with Gasteiger partial charge in [0.2, 0.25) is 5.91 Å². The highest BCUT2D eigenvalue weighted by Gasteiger charge is 2.26. The molecule has 1 fully saturated rings. The van der Waals surface area contributed by atoms with Crippen LogP contribution in [0.4, 0.5) is 0 Å². The van der Waals surface area contributed by atoms with Crippen molar-refractivity contribution in [1.29, 1.82) is 0 Å². The maximum atomic E-state index is 12.7. The fourth-order valence-electron chi connectivity index (χ4n) is 3.00. The highest BCUT2D eigenvalue weighted by Crippen LogP contribution is 2.25. The quantitative estimate of drug-likeness (QED) is 0.934. The van der Waals surface area contributed by atoms with Crippen LogP contribution in [0.3, 0.4) is 0 Å². The monoisotopic (exact) mass is 280 g/mol. The van der Waals surface area contributed by atoms with Gasteiger partial charge in [-0.05, 0) is 30.5 Å². The summed E-state index contributed by atoms with van der Waals surface area (Å²) >= 11 is 0. The van der Waals surface area contributed by atoms with Crippen LogP contribution in [-0.2, 0) is 4.79 Å². The third-order valence-corrected chi connectivity index (χ3v) is 4.08. The Kier molecular flexibility index (Phi) is 4.29. The molecule has 1 amide bonds. The summed E-state index contributed by atoms with van der Waals surface area (Å²) in [6.45, 7) is 0. The van der Waals surface area contributed by atoms with Gasteiger partial charge in [-0.25, -0.2) is 0 Å². The highest BCUT2D eigenvalue weighted by molar-refractivity contribution is 5.86. The lowest BCUT2D eigenvalue weighted by molar-refractivity contribution is -0.122. The van der Waals surface area contributed by atoms with E-state index in [0.29, 0.717) is 6.04 Å². The van der Waals surface area contributed by atoms with Crippen LogP contribution in [0.25, 0.3) is 0 Å². The van der Waals surface area contributed by atoms with Gasteiger partial charge in [0, 0.05) is 12.2 Å². The molecule has 1 aromatic heterocycles. The van der Waals surface area contributed by atoms with Crippen molar-refractivity contribution in [2.45, 2.75) is 37.6 Å². The smallest absolute Gasteiger partial charge is 0.233 e. The van der Waals surface area contributed by atoms with Crippen molar-refractivity contribution in [2.75, 3.05) is 0 Å². The first-order valence-electron chi connectivity index (χ1n) is 7.61. The number of benzene rings is 1. The van der Waals surface area contributed by atoms with Gasteiger partial charge in [-0.3, -0.25) is 9.78 Å². The van der Waals surface area contributed by atoms with E-state index in [4.69, 9.17) is 0 Å². The summed E-state index contributed by atoms with van der Waals surface area (Å²) in [4.78, 5) is 17.1. The molecule has 1 aliphatic rings. The lowest BCUT2D eigenvalue weighted by atomic mass is 9.94. The summed E-state index contributed by atoms with van der Waals surface area (Å²) in [6.07, 6.45) is 6.36. The Balaban J connectivity index is 1.87. The van der Waals surface area contributed by atoms with Crippen molar-refractivity contribution < 1.29 is 4.79 Å². The molecule has 0 saturated heterocycles. The van der Waals surface area contributed by atoms with E-state index in [9.17, 15) is 4.79 Å². The molecule has 0 radical (unpaired) electrons. The number of pyridine rings is 1. The first kappa shape index (κ1) is 13.8. The normalized spacial score (nSPS) is 16.6. The number of hydrogen-bond acceptors (Lipinski definition) is 2. The first-order valence-corrected chi connectivity index (χ1v) is 7.61. The average molecular weight is 280 g/mol. The molecule has 108 valence electrons. The SMILES string of the molecule is O=C(NC1CCCC1)C(c1ccccc1)c1ccccn1. The van der Waals surface area contributed by atoms with E-state index in [1.54, 1.807) is 6.20 Å². The van der Waals surface area contributed by atoms with Crippen LogP contribution in [0.2, 0.25) is 0 Å². The second-order valence-electron chi connectivity index (χ2n) is 5.59. The van der Waals surface area contributed by atoms with Gasteiger partial charge in [-0.1, -0.05) is 49.2 Å². The molecule has 1 aliphatic carbocycles. The Morgan fingerprint density at radius 1 is 1.05 bits per heavy atom. The maximum Gasteiger partial charge on any atom is 0.233 e. The van der Waals surface area contributed by atoms with Crippen LogP contribution < -0.4 is 5.32 Å². The van der Waals surface area contributed by atoms with Crippen LogP contribution >= 0.6 is 0 Å². The van der Waals surface area contributed by atoms with Gasteiger partial charge in [0.1, 0.15) is 5.92 Å². The second-order valence-corrected chi connectivity index (χ2v) is 5.59. The average Bonchev–Trinajstić information content (AvgIpc) is 3.02. The van der Waals surface area contributed by atoms with Gasteiger partial charge in [0.25, 0.3) is 0 Å². The summed E-state index contributed by atoms with van der Waals surface area (Å²) < 4.78 is 0. The van der Waals surface area contributed by atoms with Gasteiger partial charge in [0.05, 0.1) is 5.69 Å². The van der Waals surface area contributed by atoms with Gasteiger partial charge in [-0.2, -0.15) is 0 Å². The summed E-state index contributed by atoms with van der Waals surface area (Å²) in [5.41, 5.74) is 1.80. The third kappa shape index (κ3) is 3.30. The van der Waals surface area contributed by atoms with Gasteiger partial charge >= 0.3 is 0 Å². The van der Waals surface area contributed by atoms with E-state index < -0.39 is 0 Å². The summed E-state index contributed by atoms with van der Waals surface area (Å²) in [6, 6.07) is 15.9. The van der Waals surface area contributed by atoms with Crippen molar-refractivity contribution in [3.05, 3.63) is 66.0 Å². The van der Waals surface area contributed by atoms with Crippen molar-refractivity contribution in [2.24, 2.45) is 0 Å². The van der Waals surface area contributed by atoms with E-state index in [2.05, 4.69) is 10.3 Å². The Bertz CT molecular complexity index is 537. The first-order chi connectivity index (χ1) is 10.3. The predicted molar refractivity (Wildman–Crippen MR) is 82.9 cm³/mol. The molecular formula is C18H20N2O. The van der Waals surface area contributed by atoms with Crippen molar-refractivity contribution in [3.63, 3.8) is 0 Å². The number of aromatic nitrogens is 1. The zero-order valence-corrected chi connectivity index (χ0v) is 12.0. The standard InChI is InChI=1S/C18H20N2O/c21-18(20-15-10-4-5-11-15)17(14-8-2-1-3-9-14)16-12-6-7-13-19-16/h1-3,6-9,12-13,15,17H,4-5,10-11H2,(H,20,21). The zero-order valence-electron chi connectivity index (χ0n) is 12.0. The Labute approximate surface area is 125 Å². The third-order valence-electron chi connectivity index (χ3n) is 4.08. The van der Waals surface area contributed by atoms with Gasteiger partial charge in [-0.15, -0.1) is 0 Å². The van der Waals surface area contributed by atoms with E-state index in [1.807, 2.05) is 48.5 Å². The van der Waals surface area contributed by atoms with E-state index in [0.717, 1.165) is 24.1 Å². The number of amides is 1. The van der Waals surface area contributed by atoms with E-state index in [1.165, 1.54) is 12.8 Å². The highest BCUT2D eigenvalue weighted by atomic mass is 16.2. The van der Waals surface area contributed by atoms with Gasteiger partial charge < -0.3 is 5.32 Å².